The second kappa shape index (κ2) is 22.5. The second-order valence-corrected chi connectivity index (χ2v) is 12.0. The Morgan fingerprint density at radius 2 is 1.20 bits per heavy atom. The summed E-state index contributed by atoms with van der Waals surface area (Å²) in [5.41, 5.74) is 1.80. The molecule has 0 spiro atoms. The van der Waals surface area contributed by atoms with Crippen molar-refractivity contribution < 1.29 is 22.7 Å². The van der Waals surface area contributed by atoms with Crippen molar-refractivity contribution in [2.45, 2.75) is 155 Å². The van der Waals surface area contributed by atoms with Gasteiger partial charge in [-0.05, 0) is 75.0 Å². The Balaban J connectivity index is 2.20. The van der Waals surface area contributed by atoms with Gasteiger partial charge in [-0.25, -0.2) is 0 Å². The van der Waals surface area contributed by atoms with Crippen molar-refractivity contribution in [3.63, 3.8) is 0 Å². The zero-order valence-corrected chi connectivity index (χ0v) is 26.4. The van der Waals surface area contributed by atoms with Gasteiger partial charge in [0.2, 0.25) is 5.76 Å². The van der Waals surface area contributed by atoms with Crippen LogP contribution in [0.3, 0.4) is 0 Å². The molecule has 1 atom stereocenters. The molecule has 234 valence electrons. The highest BCUT2D eigenvalue weighted by Gasteiger charge is 2.38. The van der Waals surface area contributed by atoms with E-state index < -0.39 is 23.8 Å². The van der Waals surface area contributed by atoms with Crippen LogP contribution in [0.4, 0.5) is 13.2 Å². The van der Waals surface area contributed by atoms with Crippen LogP contribution in [-0.4, -0.2) is 12.1 Å². The van der Waals surface area contributed by atoms with Gasteiger partial charge in [-0.2, -0.15) is 13.2 Å². The number of halogens is 3. The van der Waals surface area contributed by atoms with Crippen LogP contribution in [0.5, 0.6) is 0 Å². The zero-order valence-electron chi connectivity index (χ0n) is 26.4. The first-order valence-corrected chi connectivity index (χ1v) is 16.4. The predicted molar refractivity (Wildman–Crippen MR) is 167 cm³/mol. The normalized spacial score (nSPS) is 13.3. The molecule has 0 amide bonds. The first kappa shape index (κ1) is 37.0. The molecule has 2 nitrogen and oxygen atoms in total. The molecule has 0 N–H and O–H groups in total. The van der Waals surface area contributed by atoms with Gasteiger partial charge in [0, 0.05) is 0 Å². The van der Waals surface area contributed by atoms with Crippen molar-refractivity contribution in [1.29, 1.82) is 0 Å². The molecule has 1 aromatic rings. The molecule has 0 radical (unpaired) electrons. The van der Waals surface area contributed by atoms with Gasteiger partial charge in [0.05, 0.1) is 5.92 Å². The number of unbranched alkanes of at least 4 members (excludes halogenated alkanes) is 15. The Labute approximate surface area is 249 Å². The van der Waals surface area contributed by atoms with E-state index in [1.54, 1.807) is 19.1 Å². The molecule has 1 aromatic carbocycles. The lowest BCUT2D eigenvalue weighted by Gasteiger charge is -2.16. The van der Waals surface area contributed by atoms with E-state index >= 15 is 0 Å². The molecule has 0 fully saturated rings. The molecule has 0 aromatic heterocycles. The lowest BCUT2D eigenvalue weighted by atomic mass is 9.97. The Morgan fingerprint density at radius 3 is 1.66 bits per heavy atom. The van der Waals surface area contributed by atoms with Crippen LogP contribution in [-0.2, 0) is 16.0 Å². The van der Waals surface area contributed by atoms with Crippen LogP contribution in [0.1, 0.15) is 154 Å². The van der Waals surface area contributed by atoms with E-state index in [0.29, 0.717) is 17.9 Å². The average Bonchev–Trinajstić information content (AvgIpc) is 2.92. The van der Waals surface area contributed by atoms with Crippen molar-refractivity contribution in [3.8, 4) is 0 Å². The van der Waals surface area contributed by atoms with Gasteiger partial charge in [0.1, 0.15) is 0 Å². The largest absolute Gasteiger partial charge is 0.449 e. The summed E-state index contributed by atoms with van der Waals surface area (Å²) in [6, 6.07) is 7.46. The van der Waals surface area contributed by atoms with E-state index in [2.05, 4.69) is 32.9 Å². The van der Waals surface area contributed by atoms with Crippen LogP contribution in [0.2, 0.25) is 0 Å². The van der Waals surface area contributed by atoms with Crippen LogP contribution in [0.25, 0.3) is 0 Å². The summed E-state index contributed by atoms with van der Waals surface area (Å²) < 4.78 is 45.4. The third kappa shape index (κ3) is 18.9. The van der Waals surface area contributed by atoms with E-state index in [9.17, 15) is 18.0 Å². The molecule has 0 bridgehead atoms. The fraction of sp³-hybridized carbons (Fsp3) is 0.694. The number of hydrogen-bond donors (Lipinski definition) is 0. The number of rotatable bonds is 23. The highest BCUT2D eigenvalue weighted by atomic mass is 19.4. The molecule has 0 saturated carbocycles. The Kier molecular flexibility index (Phi) is 20.3. The quantitative estimate of drug-likeness (QED) is 0.0559. The first-order valence-electron chi connectivity index (χ1n) is 16.4. The van der Waals surface area contributed by atoms with E-state index in [0.717, 1.165) is 43.7 Å². The Bertz CT molecular complexity index is 853. The highest BCUT2D eigenvalue weighted by Crippen LogP contribution is 2.30. The number of carbonyl (C=O) groups is 1. The summed E-state index contributed by atoms with van der Waals surface area (Å²) in [5, 5.41) is 0. The Hall–Kier alpha value is -2.04. The number of ether oxygens (including phenoxy) is 1. The Morgan fingerprint density at radius 1 is 0.732 bits per heavy atom. The highest BCUT2D eigenvalue weighted by molar-refractivity contribution is 5.78. The van der Waals surface area contributed by atoms with E-state index in [4.69, 9.17) is 4.74 Å². The fourth-order valence-corrected chi connectivity index (χ4v) is 4.94. The molecule has 41 heavy (non-hydrogen) atoms. The van der Waals surface area contributed by atoms with E-state index in [1.165, 1.54) is 70.6 Å². The van der Waals surface area contributed by atoms with Gasteiger partial charge in [0.15, 0.2) is 0 Å². The zero-order chi connectivity index (χ0) is 30.3. The summed E-state index contributed by atoms with van der Waals surface area (Å²) in [4.78, 5) is 12.5. The van der Waals surface area contributed by atoms with Crippen molar-refractivity contribution in [2.75, 3.05) is 0 Å². The van der Waals surface area contributed by atoms with Crippen LogP contribution >= 0.6 is 0 Å². The summed E-state index contributed by atoms with van der Waals surface area (Å²) in [6.07, 6.45) is 21.2. The van der Waals surface area contributed by atoms with Gasteiger partial charge in [-0.1, -0.05) is 128 Å². The SMILES string of the molecule is CCCCCCCC/C=C\CCCCCCCCCC/C=C(/OC(=O)C(C)c1ccc(CC(C)C)cc1)C(F)(F)F. The fourth-order valence-electron chi connectivity index (χ4n) is 4.94. The first-order chi connectivity index (χ1) is 19.6. The maximum absolute atomic E-state index is 13.5. The summed E-state index contributed by atoms with van der Waals surface area (Å²) in [5.74, 6) is -2.33. The maximum atomic E-state index is 13.5. The second-order valence-electron chi connectivity index (χ2n) is 12.0. The molecule has 0 aliphatic carbocycles. The molecule has 0 heterocycles. The van der Waals surface area contributed by atoms with Crippen LogP contribution in [0, 0.1) is 5.92 Å². The van der Waals surface area contributed by atoms with Crippen molar-refractivity contribution in [3.05, 3.63) is 59.4 Å². The van der Waals surface area contributed by atoms with Crippen molar-refractivity contribution in [2.24, 2.45) is 5.92 Å². The topological polar surface area (TPSA) is 26.3 Å². The summed E-state index contributed by atoms with van der Waals surface area (Å²) in [6.45, 7) is 8.08. The number of esters is 1. The molecule has 0 aliphatic heterocycles. The van der Waals surface area contributed by atoms with Gasteiger partial charge in [-0.15, -0.1) is 0 Å². The molecular weight excluding hydrogens is 521 g/mol. The number of alkyl halides is 3. The minimum atomic E-state index is -4.68. The number of hydrogen-bond acceptors (Lipinski definition) is 2. The van der Waals surface area contributed by atoms with Gasteiger partial charge >= 0.3 is 12.1 Å². The molecule has 5 heteroatoms. The third-order valence-corrected chi connectivity index (χ3v) is 7.51. The standard InChI is InChI=1S/C36H57F3O2/c1-5-6-7-8-9-10-11-12-13-14-15-16-17-18-19-20-21-22-23-24-34(36(37,38)39)41-35(40)31(4)33-27-25-32(26-28-33)29-30(2)3/h12-13,24-28,30-31H,5-11,14-23,29H2,1-4H3/b13-12-,34-24+. The molecule has 0 saturated heterocycles. The van der Waals surface area contributed by atoms with Gasteiger partial charge < -0.3 is 4.74 Å². The summed E-state index contributed by atoms with van der Waals surface area (Å²) >= 11 is 0. The number of carbonyl (C=O) groups excluding carboxylic acids is 1. The van der Waals surface area contributed by atoms with E-state index in [-0.39, 0.29) is 6.42 Å². The minimum absolute atomic E-state index is 0.255. The monoisotopic (exact) mass is 578 g/mol. The lowest BCUT2D eigenvalue weighted by Crippen LogP contribution is -2.21. The molecule has 0 aliphatic rings. The van der Waals surface area contributed by atoms with Crippen LogP contribution in [0.15, 0.2) is 48.3 Å². The lowest BCUT2D eigenvalue weighted by molar-refractivity contribution is -0.161. The minimum Gasteiger partial charge on any atom is -0.421 e. The predicted octanol–water partition coefficient (Wildman–Crippen LogP) is 12.2. The summed E-state index contributed by atoms with van der Waals surface area (Å²) in [7, 11) is 0. The smallest absolute Gasteiger partial charge is 0.421 e. The average molecular weight is 579 g/mol. The van der Waals surface area contributed by atoms with Gasteiger partial charge in [-0.3, -0.25) is 4.79 Å². The third-order valence-electron chi connectivity index (χ3n) is 7.51. The number of benzene rings is 1. The van der Waals surface area contributed by atoms with E-state index in [1.807, 2.05) is 12.1 Å². The number of allylic oxidation sites excluding steroid dienone is 4. The van der Waals surface area contributed by atoms with Crippen LogP contribution < -0.4 is 0 Å². The molecular formula is C36H57F3O2. The molecule has 1 rings (SSSR count). The molecule has 1 unspecified atom stereocenters. The maximum Gasteiger partial charge on any atom is 0.449 e. The van der Waals surface area contributed by atoms with Crippen molar-refractivity contribution in [1.82, 2.24) is 0 Å². The van der Waals surface area contributed by atoms with Gasteiger partial charge in [0.25, 0.3) is 0 Å². The van der Waals surface area contributed by atoms with Crippen molar-refractivity contribution >= 4 is 5.97 Å².